The van der Waals surface area contributed by atoms with E-state index in [0.29, 0.717) is 10.7 Å². The van der Waals surface area contributed by atoms with E-state index in [1.165, 1.54) is 16.7 Å². The van der Waals surface area contributed by atoms with Gasteiger partial charge >= 0.3 is 0 Å². The van der Waals surface area contributed by atoms with Gasteiger partial charge in [0.15, 0.2) is 0 Å². The number of hydrogen-bond acceptors (Lipinski definition) is 3. The number of hydrogen-bond donors (Lipinski definition) is 1. The van der Waals surface area contributed by atoms with E-state index in [1.54, 1.807) is 31.3 Å². The summed E-state index contributed by atoms with van der Waals surface area (Å²) < 4.78 is 0.946. The van der Waals surface area contributed by atoms with Crippen LogP contribution in [0.15, 0.2) is 57.9 Å². The molecule has 2 rings (SSSR count). The fraction of sp³-hybridized carbons (Fsp3) is 0.176. The Kier molecular flexibility index (Phi) is 7.15. The maximum Gasteiger partial charge on any atom is 0.244 e. The van der Waals surface area contributed by atoms with Gasteiger partial charge in [0.2, 0.25) is 11.8 Å². The van der Waals surface area contributed by atoms with Crippen molar-refractivity contribution in [1.29, 1.82) is 0 Å². The van der Waals surface area contributed by atoms with E-state index in [4.69, 9.17) is 11.6 Å². The van der Waals surface area contributed by atoms with E-state index < -0.39 is 0 Å². The third-order valence-corrected chi connectivity index (χ3v) is 5.48. The van der Waals surface area contributed by atoms with Crippen molar-refractivity contribution >= 4 is 56.8 Å². The number of para-hydroxylation sites is 1. The van der Waals surface area contributed by atoms with Gasteiger partial charge in [-0.3, -0.25) is 9.59 Å². The molecule has 1 N–H and O–H groups in total. The minimum absolute atomic E-state index is 0.0272. The smallest absolute Gasteiger partial charge is 0.244 e. The largest absolute Gasteiger partial charge is 0.336 e. The van der Waals surface area contributed by atoms with Crippen LogP contribution in [0.25, 0.3) is 0 Å². The molecule has 0 atom stereocenters. The molecule has 126 valence electrons. The number of amides is 2. The number of nitrogens with one attached hydrogen (secondary N) is 1. The van der Waals surface area contributed by atoms with Crippen molar-refractivity contribution in [1.82, 2.24) is 4.90 Å². The molecule has 2 amide bonds. The summed E-state index contributed by atoms with van der Waals surface area (Å²) in [5, 5.41) is 3.16. The van der Waals surface area contributed by atoms with Crippen molar-refractivity contribution < 1.29 is 9.59 Å². The highest BCUT2D eigenvalue weighted by atomic mass is 79.9. The number of carbonyl (C=O) groups is 2. The van der Waals surface area contributed by atoms with Crippen LogP contribution in [-0.2, 0) is 9.59 Å². The van der Waals surface area contributed by atoms with Gasteiger partial charge in [-0.25, -0.2) is 0 Å². The van der Waals surface area contributed by atoms with Crippen LogP contribution in [0.1, 0.15) is 0 Å². The Hall–Kier alpha value is -1.50. The predicted molar refractivity (Wildman–Crippen MR) is 103 cm³/mol. The molecule has 0 radical (unpaired) electrons. The summed E-state index contributed by atoms with van der Waals surface area (Å²) in [5.41, 5.74) is 0.535. The normalized spacial score (nSPS) is 10.3. The molecule has 0 unspecified atom stereocenters. The Morgan fingerprint density at radius 1 is 1.17 bits per heavy atom. The number of anilines is 1. The van der Waals surface area contributed by atoms with Gasteiger partial charge in [-0.05, 0) is 40.2 Å². The van der Waals surface area contributed by atoms with Crippen LogP contribution < -0.4 is 5.32 Å². The third-order valence-electron chi connectivity index (χ3n) is 3.14. The van der Waals surface area contributed by atoms with Gasteiger partial charge in [0.05, 0.1) is 23.0 Å². The Morgan fingerprint density at radius 2 is 1.83 bits per heavy atom. The van der Waals surface area contributed by atoms with Crippen LogP contribution in [0.3, 0.4) is 0 Å². The lowest BCUT2D eigenvalue weighted by Crippen LogP contribution is -2.36. The number of halogens is 2. The van der Waals surface area contributed by atoms with Crippen LogP contribution in [0.2, 0.25) is 5.02 Å². The lowest BCUT2D eigenvalue weighted by Gasteiger charge is -2.17. The highest BCUT2D eigenvalue weighted by molar-refractivity contribution is 9.10. The molecule has 0 aromatic heterocycles. The third kappa shape index (κ3) is 5.54. The van der Waals surface area contributed by atoms with Crippen molar-refractivity contribution in [2.45, 2.75) is 4.90 Å². The van der Waals surface area contributed by atoms with E-state index in [9.17, 15) is 9.59 Å². The predicted octanol–water partition coefficient (Wildman–Crippen LogP) is 4.29. The van der Waals surface area contributed by atoms with Crippen molar-refractivity contribution in [3.8, 4) is 0 Å². The van der Waals surface area contributed by atoms with Crippen molar-refractivity contribution in [2.24, 2.45) is 0 Å². The second-order valence-electron chi connectivity index (χ2n) is 5.00. The Morgan fingerprint density at radius 3 is 2.54 bits per heavy atom. The molecule has 0 spiro atoms. The van der Waals surface area contributed by atoms with Gasteiger partial charge in [-0.2, -0.15) is 0 Å². The maximum atomic E-state index is 12.2. The highest BCUT2D eigenvalue weighted by Crippen LogP contribution is 2.27. The Balaban J connectivity index is 1.84. The SMILES string of the molecule is CN(CC(=O)Nc1ccccc1Cl)C(=O)CSc1ccccc1Br. The minimum atomic E-state index is -0.287. The molecular formula is C17H16BrClN2O2S. The monoisotopic (exact) mass is 426 g/mol. The zero-order valence-corrected chi connectivity index (χ0v) is 16.1. The van der Waals surface area contributed by atoms with Gasteiger partial charge in [-0.15, -0.1) is 11.8 Å². The average Bonchev–Trinajstić information content (AvgIpc) is 2.56. The summed E-state index contributed by atoms with van der Waals surface area (Å²) in [6.07, 6.45) is 0. The van der Waals surface area contributed by atoms with Gasteiger partial charge in [-0.1, -0.05) is 35.9 Å². The molecular weight excluding hydrogens is 412 g/mol. The quantitative estimate of drug-likeness (QED) is 0.700. The topological polar surface area (TPSA) is 49.4 Å². The summed E-state index contributed by atoms with van der Waals surface area (Å²) in [5.74, 6) is -0.145. The van der Waals surface area contributed by atoms with Crippen molar-refractivity contribution in [3.63, 3.8) is 0 Å². The number of benzene rings is 2. The molecule has 2 aromatic carbocycles. The molecule has 0 aliphatic carbocycles. The molecule has 0 saturated carbocycles. The van der Waals surface area contributed by atoms with Gasteiger partial charge in [0.25, 0.3) is 0 Å². The van der Waals surface area contributed by atoms with E-state index in [-0.39, 0.29) is 24.1 Å². The molecule has 2 aromatic rings. The molecule has 0 aliphatic rings. The van der Waals surface area contributed by atoms with E-state index in [0.717, 1.165) is 9.37 Å². The van der Waals surface area contributed by atoms with Gasteiger partial charge in [0.1, 0.15) is 0 Å². The maximum absolute atomic E-state index is 12.2. The number of thioether (sulfide) groups is 1. The number of carbonyl (C=O) groups excluding carboxylic acids is 2. The first-order valence-corrected chi connectivity index (χ1v) is 9.28. The van der Waals surface area contributed by atoms with Crippen LogP contribution in [-0.4, -0.2) is 36.1 Å². The van der Waals surface area contributed by atoms with Crippen LogP contribution in [0.4, 0.5) is 5.69 Å². The zero-order valence-electron chi connectivity index (χ0n) is 13.0. The van der Waals surface area contributed by atoms with Gasteiger partial charge in [0, 0.05) is 16.4 Å². The number of nitrogens with zero attached hydrogens (tertiary/aromatic N) is 1. The van der Waals surface area contributed by atoms with Crippen molar-refractivity contribution in [2.75, 3.05) is 24.7 Å². The summed E-state index contributed by atoms with van der Waals surface area (Å²) >= 11 is 10.9. The molecule has 0 bridgehead atoms. The van der Waals surface area contributed by atoms with E-state index in [2.05, 4.69) is 21.2 Å². The van der Waals surface area contributed by atoms with Crippen LogP contribution in [0, 0.1) is 0 Å². The Bertz CT molecular complexity index is 742. The number of likely N-dealkylation sites (N-methyl/N-ethyl adjacent to an activating group) is 1. The molecule has 7 heteroatoms. The lowest BCUT2D eigenvalue weighted by molar-refractivity contribution is -0.131. The van der Waals surface area contributed by atoms with E-state index in [1.807, 2.05) is 24.3 Å². The van der Waals surface area contributed by atoms with Crippen LogP contribution >= 0.6 is 39.3 Å². The molecule has 24 heavy (non-hydrogen) atoms. The molecule has 0 aliphatic heterocycles. The standard InChI is InChI=1S/C17H16BrClN2O2S/c1-21(10-16(22)20-14-8-4-3-7-13(14)19)17(23)11-24-15-9-5-2-6-12(15)18/h2-9H,10-11H2,1H3,(H,20,22). The molecule has 0 heterocycles. The average molecular weight is 428 g/mol. The lowest BCUT2D eigenvalue weighted by atomic mass is 10.3. The molecule has 4 nitrogen and oxygen atoms in total. The van der Waals surface area contributed by atoms with Gasteiger partial charge < -0.3 is 10.2 Å². The zero-order chi connectivity index (χ0) is 17.5. The summed E-state index contributed by atoms with van der Waals surface area (Å²) in [6.45, 7) is -0.0272. The summed E-state index contributed by atoms with van der Waals surface area (Å²) in [7, 11) is 1.61. The molecule has 0 saturated heterocycles. The van der Waals surface area contributed by atoms with E-state index >= 15 is 0 Å². The second kappa shape index (κ2) is 9.11. The van der Waals surface area contributed by atoms with Crippen LogP contribution in [0.5, 0.6) is 0 Å². The first-order chi connectivity index (χ1) is 11.5. The van der Waals surface area contributed by atoms with Crippen molar-refractivity contribution in [3.05, 3.63) is 58.0 Å². The first-order valence-electron chi connectivity index (χ1n) is 7.13. The molecule has 0 fully saturated rings. The fourth-order valence-electron chi connectivity index (χ4n) is 1.87. The first kappa shape index (κ1) is 18.8. The summed E-state index contributed by atoms with van der Waals surface area (Å²) in [6, 6.07) is 14.7. The minimum Gasteiger partial charge on any atom is -0.336 e. The summed E-state index contributed by atoms with van der Waals surface area (Å²) in [4.78, 5) is 26.6. The Labute approximate surface area is 158 Å². The number of rotatable bonds is 6. The second-order valence-corrected chi connectivity index (χ2v) is 7.28. The fourth-order valence-corrected chi connectivity index (χ4v) is 3.56. The highest BCUT2D eigenvalue weighted by Gasteiger charge is 2.14.